The van der Waals surface area contributed by atoms with E-state index >= 15 is 0 Å². The average molecular weight is 504 g/mol. The van der Waals surface area contributed by atoms with E-state index in [1.165, 1.54) is 19.3 Å². The molecule has 0 aliphatic carbocycles. The number of benzene rings is 1. The van der Waals surface area contributed by atoms with Crippen molar-refractivity contribution in [3.63, 3.8) is 0 Å². The fourth-order valence-electron chi connectivity index (χ4n) is 2.94. The number of ether oxygens (including phenoxy) is 2. The maximum Gasteiger partial charge on any atom is 0.191 e. The van der Waals surface area contributed by atoms with Crippen LogP contribution in [0.25, 0.3) is 0 Å². The van der Waals surface area contributed by atoms with Crippen molar-refractivity contribution >= 4 is 29.9 Å². The van der Waals surface area contributed by atoms with E-state index in [0.29, 0.717) is 13.2 Å². The second-order valence-electron chi connectivity index (χ2n) is 6.78. The molecule has 1 heterocycles. The van der Waals surface area contributed by atoms with Crippen LogP contribution in [-0.2, 0) is 11.3 Å². The fraction of sp³-hybridized carbons (Fsp3) is 0.667. The van der Waals surface area contributed by atoms with E-state index in [9.17, 15) is 0 Å². The molecule has 0 amide bonds. The first kappa shape index (κ1) is 25.0. The van der Waals surface area contributed by atoms with Crippen molar-refractivity contribution in [3.8, 4) is 5.75 Å². The van der Waals surface area contributed by atoms with Crippen LogP contribution in [0.2, 0.25) is 0 Å². The van der Waals surface area contributed by atoms with Gasteiger partial charge in [-0.25, -0.2) is 4.99 Å². The lowest BCUT2D eigenvalue weighted by Gasteiger charge is -2.26. The second kappa shape index (κ2) is 15.8. The molecule has 0 aromatic heterocycles. The molecule has 28 heavy (non-hydrogen) atoms. The molecule has 1 aliphatic heterocycles. The maximum atomic E-state index is 5.93. The monoisotopic (exact) mass is 504 g/mol. The molecule has 0 saturated carbocycles. The number of halogens is 1. The molecular formula is C21H37IN4O2. The van der Waals surface area contributed by atoms with E-state index < -0.39 is 0 Å². The summed E-state index contributed by atoms with van der Waals surface area (Å²) < 4.78 is 11.3. The van der Waals surface area contributed by atoms with E-state index in [4.69, 9.17) is 14.5 Å². The third-order valence-electron chi connectivity index (χ3n) is 4.52. The van der Waals surface area contributed by atoms with Crippen LogP contribution in [0, 0.1) is 0 Å². The zero-order chi connectivity index (χ0) is 19.2. The van der Waals surface area contributed by atoms with Gasteiger partial charge in [0.05, 0.1) is 19.8 Å². The first-order valence-corrected chi connectivity index (χ1v) is 10.4. The van der Waals surface area contributed by atoms with Crippen molar-refractivity contribution in [3.05, 3.63) is 29.8 Å². The molecule has 1 aromatic rings. The van der Waals surface area contributed by atoms with Crippen molar-refractivity contribution in [2.45, 2.75) is 39.7 Å². The van der Waals surface area contributed by atoms with Crippen molar-refractivity contribution in [1.29, 1.82) is 0 Å². The van der Waals surface area contributed by atoms with Crippen molar-refractivity contribution in [2.75, 3.05) is 52.5 Å². The second-order valence-corrected chi connectivity index (χ2v) is 6.78. The largest absolute Gasteiger partial charge is 0.492 e. The minimum absolute atomic E-state index is 0. The SMILES string of the molecule is CCCCCNC(=NCc1cccc(OCCN2CCOCC2)c1)NCC.I. The van der Waals surface area contributed by atoms with E-state index in [0.717, 1.165) is 63.2 Å². The van der Waals surface area contributed by atoms with Gasteiger partial charge < -0.3 is 20.1 Å². The van der Waals surface area contributed by atoms with Crippen LogP contribution >= 0.6 is 24.0 Å². The summed E-state index contributed by atoms with van der Waals surface area (Å²) in [4.78, 5) is 7.07. The fourth-order valence-corrected chi connectivity index (χ4v) is 2.94. The Hall–Kier alpha value is -1.06. The normalized spacial score (nSPS) is 15.0. The quantitative estimate of drug-likeness (QED) is 0.210. The van der Waals surface area contributed by atoms with E-state index in [-0.39, 0.29) is 24.0 Å². The van der Waals surface area contributed by atoms with Crippen molar-refractivity contribution in [2.24, 2.45) is 4.99 Å². The van der Waals surface area contributed by atoms with Crippen molar-refractivity contribution < 1.29 is 9.47 Å². The molecule has 1 aliphatic rings. The molecule has 0 bridgehead atoms. The Balaban J connectivity index is 0.00000392. The van der Waals surface area contributed by atoms with Crippen LogP contribution in [0.1, 0.15) is 38.7 Å². The predicted molar refractivity (Wildman–Crippen MR) is 127 cm³/mol. The number of hydrogen-bond donors (Lipinski definition) is 2. The molecule has 0 radical (unpaired) electrons. The van der Waals surface area contributed by atoms with Gasteiger partial charge in [-0.05, 0) is 31.0 Å². The van der Waals surface area contributed by atoms with Gasteiger partial charge in [-0.3, -0.25) is 4.90 Å². The molecular weight excluding hydrogens is 467 g/mol. The molecule has 1 fully saturated rings. The molecule has 160 valence electrons. The summed E-state index contributed by atoms with van der Waals surface area (Å²) in [7, 11) is 0. The van der Waals surface area contributed by atoms with Crippen LogP contribution in [-0.4, -0.2) is 63.4 Å². The Kier molecular flexibility index (Phi) is 14.1. The van der Waals surface area contributed by atoms with Gasteiger partial charge in [0, 0.05) is 32.7 Å². The molecule has 0 atom stereocenters. The lowest BCUT2D eigenvalue weighted by Crippen LogP contribution is -2.38. The minimum atomic E-state index is 0. The highest BCUT2D eigenvalue weighted by atomic mass is 127. The van der Waals surface area contributed by atoms with Gasteiger partial charge in [0.1, 0.15) is 12.4 Å². The summed E-state index contributed by atoms with van der Waals surface area (Å²) in [5.41, 5.74) is 1.16. The Morgan fingerprint density at radius 1 is 1.18 bits per heavy atom. The lowest BCUT2D eigenvalue weighted by atomic mass is 10.2. The van der Waals surface area contributed by atoms with Gasteiger partial charge >= 0.3 is 0 Å². The van der Waals surface area contributed by atoms with Gasteiger partial charge in [0.2, 0.25) is 0 Å². The third-order valence-corrected chi connectivity index (χ3v) is 4.52. The summed E-state index contributed by atoms with van der Waals surface area (Å²) >= 11 is 0. The van der Waals surface area contributed by atoms with Gasteiger partial charge in [0.15, 0.2) is 5.96 Å². The maximum absolute atomic E-state index is 5.93. The molecule has 7 heteroatoms. The smallest absolute Gasteiger partial charge is 0.191 e. The molecule has 6 nitrogen and oxygen atoms in total. The van der Waals surface area contributed by atoms with Crippen LogP contribution in [0.5, 0.6) is 5.75 Å². The molecule has 2 rings (SSSR count). The predicted octanol–water partition coefficient (Wildman–Crippen LogP) is 3.26. The number of rotatable bonds is 11. The van der Waals surface area contributed by atoms with Gasteiger partial charge in [-0.2, -0.15) is 0 Å². The number of morpholine rings is 1. The number of guanidine groups is 1. The van der Waals surface area contributed by atoms with Gasteiger partial charge in [-0.1, -0.05) is 31.9 Å². The van der Waals surface area contributed by atoms with Crippen molar-refractivity contribution in [1.82, 2.24) is 15.5 Å². The summed E-state index contributed by atoms with van der Waals surface area (Å²) in [6, 6.07) is 8.24. The van der Waals surface area contributed by atoms with E-state index in [1.807, 2.05) is 12.1 Å². The zero-order valence-corrected chi connectivity index (χ0v) is 19.7. The third kappa shape index (κ3) is 10.5. The number of nitrogens with one attached hydrogen (secondary N) is 2. The van der Waals surface area contributed by atoms with E-state index in [2.05, 4.69) is 41.5 Å². The Labute approximate surface area is 187 Å². The summed E-state index contributed by atoms with van der Waals surface area (Å²) in [5, 5.41) is 6.71. The number of unbranched alkanes of at least 4 members (excludes halogenated alkanes) is 2. The number of nitrogens with zero attached hydrogens (tertiary/aromatic N) is 2. The Bertz CT molecular complexity index is 551. The summed E-state index contributed by atoms with van der Waals surface area (Å²) in [6.45, 7) is 12.1. The van der Waals surface area contributed by atoms with Crippen LogP contribution in [0.4, 0.5) is 0 Å². The molecule has 1 aromatic carbocycles. The first-order valence-electron chi connectivity index (χ1n) is 10.4. The Morgan fingerprint density at radius 2 is 2.00 bits per heavy atom. The standard InChI is InChI=1S/C21H36N4O2.HI/c1-3-5-6-10-23-21(22-4-2)24-18-19-8-7-9-20(17-19)27-16-13-25-11-14-26-15-12-25;/h7-9,17H,3-6,10-16,18H2,1-2H3,(H2,22,23,24);1H. The Morgan fingerprint density at radius 3 is 2.75 bits per heavy atom. The molecule has 2 N–H and O–H groups in total. The topological polar surface area (TPSA) is 58.1 Å². The van der Waals surface area contributed by atoms with Crippen LogP contribution in [0.15, 0.2) is 29.3 Å². The lowest BCUT2D eigenvalue weighted by molar-refractivity contribution is 0.0322. The summed E-state index contributed by atoms with van der Waals surface area (Å²) in [6.07, 6.45) is 3.65. The van der Waals surface area contributed by atoms with Gasteiger partial charge in [0.25, 0.3) is 0 Å². The highest BCUT2D eigenvalue weighted by Gasteiger charge is 2.09. The van der Waals surface area contributed by atoms with E-state index in [1.54, 1.807) is 0 Å². The van der Waals surface area contributed by atoms with Crippen LogP contribution in [0.3, 0.4) is 0 Å². The number of hydrogen-bond acceptors (Lipinski definition) is 4. The highest BCUT2D eigenvalue weighted by Crippen LogP contribution is 2.14. The molecule has 0 spiro atoms. The highest BCUT2D eigenvalue weighted by molar-refractivity contribution is 14.0. The minimum Gasteiger partial charge on any atom is -0.492 e. The average Bonchev–Trinajstić information content (AvgIpc) is 2.70. The zero-order valence-electron chi connectivity index (χ0n) is 17.4. The van der Waals surface area contributed by atoms with Gasteiger partial charge in [-0.15, -0.1) is 24.0 Å². The summed E-state index contributed by atoms with van der Waals surface area (Å²) in [5.74, 6) is 1.80. The number of aliphatic imine (C=N–C) groups is 1. The molecule has 1 saturated heterocycles. The molecule has 0 unspecified atom stereocenters. The first-order chi connectivity index (χ1) is 13.3. The van der Waals surface area contributed by atoms with Crippen LogP contribution < -0.4 is 15.4 Å².